The van der Waals surface area contributed by atoms with Gasteiger partial charge in [0.05, 0.1) is 10.3 Å². The second kappa shape index (κ2) is 6.99. The van der Waals surface area contributed by atoms with E-state index in [4.69, 9.17) is 16.7 Å². The van der Waals surface area contributed by atoms with Gasteiger partial charge in [0.2, 0.25) is 5.91 Å². The number of amides is 1. The molecule has 1 aromatic carbocycles. The highest BCUT2D eigenvalue weighted by Crippen LogP contribution is 2.30. The largest absolute Gasteiger partial charge is 0.480 e. The molecule has 1 amide bonds. The van der Waals surface area contributed by atoms with Gasteiger partial charge in [-0.1, -0.05) is 30.7 Å². The Morgan fingerprint density at radius 1 is 1.45 bits per heavy atom. The van der Waals surface area contributed by atoms with Crippen LogP contribution in [0.5, 0.6) is 0 Å². The molecule has 0 saturated carbocycles. The Morgan fingerprint density at radius 3 is 2.55 bits per heavy atom. The van der Waals surface area contributed by atoms with Crippen LogP contribution in [0.3, 0.4) is 0 Å². The molecule has 20 heavy (non-hydrogen) atoms. The normalized spacial score (nSPS) is 15.2. The van der Waals surface area contributed by atoms with Crippen molar-refractivity contribution in [3.63, 3.8) is 0 Å². The third kappa shape index (κ3) is 4.15. The van der Waals surface area contributed by atoms with E-state index in [0.717, 1.165) is 4.90 Å². The van der Waals surface area contributed by atoms with Crippen LogP contribution in [0.4, 0.5) is 0 Å². The molecule has 0 aliphatic carbocycles. The lowest BCUT2D eigenvalue weighted by molar-refractivity contribution is -0.146. The van der Waals surface area contributed by atoms with Crippen LogP contribution in [0, 0.1) is 0 Å². The molecule has 110 valence electrons. The number of benzene rings is 1. The van der Waals surface area contributed by atoms with Gasteiger partial charge in [-0.3, -0.25) is 4.79 Å². The van der Waals surface area contributed by atoms with Gasteiger partial charge in [-0.2, -0.15) is 0 Å². The highest BCUT2D eigenvalue weighted by atomic mass is 35.5. The Morgan fingerprint density at radius 2 is 2.05 bits per heavy atom. The van der Waals surface area contributed by atoms with Crippen molar-refractivity contribution in [2.24, 2.45) is 0 Å². The highest BCUT2D eigenvalue weighted by Gasteiger charge is 2.34. The van der Waals surface area contributed by atoms with Crippen molar-refractivity contribution in [2.45, 2.75) is 42.9 Å². The maximum Gasteiger partial charge on any atom is 0.329 e. The van der Waals surface area contributed by atoms with Gasteiger partial charge in [0.15, 0.2) is 0 Å². The van der Waals surface area contributed by atoms with Gasteiger partial charge >= 0.3 is 5.97 Å². The third-order valence-electron chi connectivity index (χ3n) is 3.09. The molecule has 0 saturated heterocycles. The fourth-order valence-corrected chi connectivity index (χ4v) is 2.60. The molecule has 6 heteroatoms. The first-order valence-electron chi connectivity index (χ1n) is 6.26. The summed E-state index contributed by atoms with van der Waals surface area (Å²) in [5.74, 6) is -1.36. The first-order valence-corrected chi connectivity index (χ1v) is 7.52. The van der Waals surface area contributed by atoms with E-state index in [-0.39, 0.29) is 5.91 Å². The van der Waals surface area contributed by atoms with Gasteiger partial charge in [-0.25, -0.2) is 4.79 Å². The van der Waals surface area contributed by atoms with E-state index < -0.39 is 16.8 Å². The number of rotatable bonds is 6. The minimum atomic E-state index is -1.24. The summed E-state index contributed by atoms with van der Waals surface area (Å²) in [6, 6.07) is 7.23. The molecule has 0 radical (unpaired) electrons. The van der Waals surface area contributed by atoms with Crippen LogP contribution in [0.2, 0.25) is 5.02 Å². The molecule has 0 aliphatic heterocycles. The number of carbonyl (C=O) groups excluding carboxylic acids is 1. The minimum Gasteiger partial charge on any atom is -0.480 e. The van der Waals surface area contributed by atoms with E-state index in [9.17, 15) is 9.59 Å². The van der Waals surface area contributed by atoms with Crippen LogP contribution in [0.15, 0.2) is 29.2 Å². The van der Waals surface area contributed by atoms with Crippen molar-refractivity contribution in [1.82, 2.24) is 5.32 Å². The molecule has 0 bridgehead atoms. The lowest BCUT2D eigenvalue weighted by Gasteiger charge is -2.26. The Bertz CT molecular complexity index is 509. The number of halogens is 1. The average Bonchev–Trinajstić information content (AvgIpc) is 2.40. The molecule has 1 aromatic rings. The van der Waals surface area contributed by atoms with Crippen LogP contribution in [0.1, 0.15) is 27.2 Å². The fourth-order valence-electron chi connectivity index (χ4n) is 1.45. The van der Waals surface area contributed by atoms with Crippen molar-refractivity contribution in [3.8, 4) is 0 Å². The van der Waals surface area contributed by atoms with E-state index in [1.54, 1.807) is 19.9 Å². The Balaban J connectivity index is 2.73. The van der Waals surface area contributed by atoms with Crippen molar-refractivity contribution >= 4 is 35.2 Å². The Labute approximate surface area is 127 Å². The molecule has 0 aromatic heterocycles. The molecular formula is C14H18ClNO3S. The first kappa shape index (κ1) is 16.9. The molecule has 0 spiro atoms. The van der Waals surface area contributed by atoms with E-state index in [2.05, 4.69) is 5.32 Å². The summed E-state index contributed by atoms with van der Waals surface area (Å²) in [5, 5.41) is 11.9. The standard InChI is InChI=1S/C14H18ClNO3S/c1-4-14(3,13(18)19)16-12(17)9(2)20-11-8-6-5-7-10(11)15/h5-9H,4H2,1-3H3,(H,16,17)(H,18,19). The van der Waals surface area contributed by atoms with Crippen LogP contribution in [0.25, 0.3) is 0 Å². The van der Waals surface area contributed by atoms with Crippen LogP contribution < -0.4 is 5.32 Å². The summed E-state index contributed by atoms with van der Waals surface area (Å²) in [6.45, 7) is 4.95. The van der Waals surface area contributed by atoms with Gasteiger partial charge in [-0.15, -0.1) is 11.8 Å². The van der Waals surface area contributed by atoms with E-state index >= 15 is 0 Å². The number of carbonyl (C=O) groups is 2. The van der Waals surface area contributed by atoms with Crippen molar-refractivity contribution in [2.75, 3.05) is 0 Å². The molecule has 0 fully saturated rings. The first-order chi connectivity index (χ1) is 9.30. The van der Waals surface area contributed by atoms with Gasteiger partial charge in [0, 0.05) is 4.90 Å². The van der Waals surface area contributed by atoms with Crippen LogP contribution >= 0.6 is 23.4 Å². The van der Waals surface area contributed by atoms with Crippen molar-refractivity contribution < 1.29 is 14.7 Å². The van der Waals surface area contributed by atoms with E-state index in [1.807, 2.05) is 18.2 Å². The predicted octanol–water partition coefficient (Wildman–Crippen LogP) is 3.19. The Kier molecular flexibility index (Phi) is 5.89. The molecule has 2 unspecified atom stereocenters. The average molecular weight is 316 g/mol. The molecular weight excluding hydrogens is 298 g/mol. The van der Waals surface area contributed by atoms with Gasteiger partial charge in [-0.05, 0) is 32.4 Å². The second-order valence-electron chi connectivity index (χ2n) is 4.67. The zero-order chi connectivity index (χ0) is 15.3. The topological polar surface area (TPSA) is 66.4 Å². The molecule has 1 rings (SSSR count). The lowest BCUT2D eigenvalue weighted by Crippen LogP contribution is -2.53. The number of hydrogen-bond donors (Lipinski definition) is 2. The third-order valence-corrected chi connectivity index (χ3v) is 4.71. The Hall–Kier alpha value is -1.20. The fraction of sp³-hybridized carbons (Fsp3) is 0.429. The van der Waals surface area contributed by atoms with Crippen LogP contribution in [-0.4, -0.2) is 27.8 Å². The number of hydrogen-bond acceptors (Lipinski definition) is 3. The number of thioether (sulfide) groups is 1. The monoisotopic (exact) mass is 315 g/mol. The van der Waals surface area contributed by atoms with Gasteiger partial charge in [0.25, 0.3) is 0 Å². The molecule has 2 atom stereocenters. The van der Waals surface area contributed by atoms with Gasteiger partial charge in [0.1, 0.15) is 5.54 Å². The van der Waals surface area contributed by atoms with Gasteiger partial charge < -0.3 is 10.4 Å². The summed E-state index contributed by atoms with van der Waals surface area (Å²) < 4.78 is 0. The van der Waals surface area contributed by atoms with E-state index in [1.165, 1.54) is 18.7 Å². The zero-order valence-electron chi connectivity index (χ0n) is 11.6. The summed E-state index contributed by atoms with van der Waals surface area (Å²) in [5.41, 5.74) is -1.24. The summed E-state index contributed by atoms with van der Waals surface area (Å²) in [6.07, 6.45) is 0.317. The van der Waals surface area contributed by atoms with E-state index in [0.29, 0.717) is 11.4 Å². The smallest absolute Gasteiger partial charge is 0.329 e. The molecule has 0 aliphatic rings. The molecule has 0 heterocycles. The number of carboxylic acid groups (broad SMARTS) is 1. The second-order valence-corrected chi connectivity index (χ2v) is 6.46. The zero-order valence-corrected chi connectivity index (χ0v) is 13.2. The lowest BCUT2D eigenvalue weighted by atomic mass is 9.99. The minimum absolute atomic E-state index is 0.317. The number of carboxylic acids is 1. The maximum atomic E-state index is 12.1. The summed E-state index contributed by atoms with van der Waals surface area (Å²) >= 11 is 7.34. The number of aliphatic carboxylic acids is 1. The van der Waals surface area contributed by atoms with Crippen molar-refractivity contribution in [3.05, 3.63) is 29.3 Å². The predicted molar refractivity (Wildman–Crippen MR) is 81.2 cm³/mol. The highest BCUT2D eigenvalue weighted by molar-refractivity contribution is 8.00. The van der Waals surface area contributed by atoms with Crippen LogP contribution in [-0.2, 0) is 9.59 Å². The number of nitrogens with one attached hydrogen (secondary N) is 1. The molecule has 4 nitrogen and oxygen atoms in total. The summed E-state index contributed by atoms with van der Waals surface area (Å²) in [7, 11) is 0. The maximum absolute atomic E-state index is 12.1. The SMILES string of the molecule is CCC(C)(NC(=O)C(C)Sc1ccccc1Cl)C(=O)O. The summed E-state index contributed by atoms with van der Waals surface area (Å²) in [4.78, 5) is 24.1. The van der Waals surface area contributed by atoms with Crippen molar-refractivity contribution in [1.29, 1.82) is 0 Å². The molecule has 2 N–H and O–H groups in total. The quantitative estimate of drug-likeness (QED) is 0.791.